The number of rotatable bonds is 6. The molecule has 5 nitrogen and oxygen atoms in total. The van der Waals surface area contributed by atoms with Crippen molar-refractivity contribution in [3.05, 3.63) is 82.1 Å². The topological polar surface area (TPSA) is 64.0 Å². The van der Waals surface area contributed by atoms with E-state index >= 15 is 0 Å². The SMILES string of the molecule is Cc1cc(C(F)F)n(CC(=O)Nc2ccc(Cl)cc2C(=O)c2ccccc2)n1. The third-order valence-corrected chi connectivity index (χ3v) is 4.22. The number of carbonyl (C=O) groups is 2. The standard InChI is InChI=1S/C20H16ClF2N3O2/c1-12-9-17(20(22)23)26(25-12)11-18(27)24-16-8-7-14(21)10-15(16)19(28)13-5-3-2-4-6-13/h2-10,20H,11H2,1H3,(H,24,27). The maximum Gasteiger partial charge on any atom is 0.280 e. The van der Waals surface area contributed by atoms with E-state index in [-0.39, 0.29) is 22.7 Å². The monoisotopic (exact) mass is 403 g/mol. The lowest BCUT2D eigenvalue weighted by Gasteiger charge is -2.12. The molecule has 0 aliphatic carbocycles. The highest BCUT2D eigenvalue weighted by Crippen LogP contribution is 2.24. The summed E-state index contributed by atoms with van der Waals surface area (Å²) in [7, 11) is 0. The van der Waals surface area contributed by atoms with Crippen molar-refractivity contribution in [2.45, 2.75) is 19.9 Å². The molecule has 0 spiro atoms. The van der Waals surface area contributed by atoms with Crippen LogP contribution in [0.3, 0.4) is 0 Å². The number of nitrogens with zero attached hydrogens (tertiary/aromatic N) is 2. The third kappa shape index (κ3) is 4.43. The predicted molar refractivity (Wildman–Crippen MR) is 102 cm³/mol. The Labute approximate surface area is 164 Å². The smallest absolute Gasteiger partial charge is 0.280 e. The molecule has 144 valence electrons. The molecule has 0 saturated heterocycles. The Hall–Kier alpha value is -3.06. The number of anilines is 1. The first-order valence-electron chi connectivity index (χ1n) is 8.37. The maximum atomic E-state index is 13.1. The van der Waals surface area contributed by atoms with Gasteiger partial charge in [0.15, 0.2) is 5.78 Å². The number of hydrogen-bond donors (Lipinski definition) is 1. The van der Waals surface area contributed by atoms with Gasteiger partial charge in [0.1, 0.15) is 12.2 Å². The number of benzene rings is 2. The minimum Gasteiger partial charge on any atom is -0.324 e. The summed E-state index contributed by atoms with van der Waals surface area (Å²) in [5.74, 6) is -0.906. The van der Waals surface area contributed by atoms with Gasteiger partial charge in [0, 0.05) is 16.1 Å². The van der Waals surface area contributed by atoms with Gasteiger partial charge < -0.3 is 5.32 Å². The summed E-state index contributed by atoms with van der Waals surface area (Å²) >= 11 is 6.01. The molecule has 28 heavy (non-hydrogen) atoms. The largest absolute Gasteiger partial charge is 0.324 e. The van der Waals surface area contributed by atoms with E-state index in [1.165, 1.54) is 24.3 Å². The number of hydrogen-bond acceptors (Lipinski definition) is 3. The molecular formula is C20H16ClF2N3O2. The van der Waals surface area contributed by atoms with Crippen molar-refractivity contribution < 1.29 is 18.4 Å². The molecule has 0 atom stereocenters. The molecule has 0 fully saturated rings. The minimum atomic E-state index is -2.75. The van der Waals surface area contributed by atoms with E-state index < -0.39 is 18.9 Å². The Bertz CT molecular complexity index is 1020. The van der Waals surface area contributed by atoms with Crippen LogP contribution < -0.4 is 5.32 Å². The number of alkyl halides is 2. The van der Waals surface area contributed by atoms with Crippen molar-refractivity contribution in [1.29, 1.82) is 0 Å². The zero-order valence-electron chi connectivity index (χ0n) is 14.8. The zero-order valence-corrected chi connectivity index (χ0v) is 15.6. The van der Waals surface area contributed by atoms with Crippen LogP contribution in [-0.2, 0) is 11.3 Å². The van der Waals surface area contributed by atoms with Gasteiger partial charge in [-0.3, -0.25) is 14.3 Å². The van der Waals surface area contributed by atoms with E-state index in [2.05, 4.69) is 10.4 Å². The molecule has 2 aromatic carbocycles. The molecule has 0 radical (unpaired) electrons. The van der Waals surface area contributed by atoms with Crippen molar-refractivity contribution in [3.8, 4) is 0 Å². The molecular weight excluding hydrogens is 388 g/mol. The number of nitrogens with one attached hydrogen (secondary N) is 1. The average Bonchev–Trinajstić information content (AvgIpc) is 3.03. The number of halogens is 3. The molecule has 0 aliphatic heterocycles. The first-order chi connectivity index (χ1) is 13.3. The molecule has 1 amide bonds. The quantitative estimate of drug-likeness (QED) is 0.609. The normalized spacial score (nSPS) is 10.9. The van der Waals surface area contributed by atoms with Gasteiger partial charge in [0.25, 0.3) is 6.43 Å². The first kappa shape index (κ1) is 19.7. The van der Waals surface area contributed by atoms with E-state index in [1.807, 2.05) is 0 Å². The molecule has 1 heterocycles. The summed E-state index contributed by atoms with van der Waals surface area (Å²) in [6.45, 7) is 1.16. The number of ketones is 1. The van der Waals surface area contributed by atoms with Crippen LogP contribution in [0.1, 0.15) is 33.7 Å². The molecule has 0 bridgehead atoms. The summed E-state index contributed by atoms with van der Waals surface area (Å²) in [5, 5.41) is 6.84. The van der Waals surface area contributed by atoms with Crippen molar-refractivity contribution >= 4 is 29.0 Å². The van der Waals surface area contributed by atoms with Crippen molar-refractivity contribution in [3.63, 3.8) is 0 Å². The lowest BCUT2D eigenvalue weighted by Crippen LogP contribution is -2.22. The van der Waals surface area contributed by atoms with Gasteiger partial charge in [0.05, 0.1) is 11.4 Å². The average molecular weight is 404 g/mol. The molecule has 8 heteroatoms. The van der Waals surface area contributed by atoms with E-state index in [0.717, 1.165) is 4.68 Å². The number of aromatic nitrogens is 2. The zero-order chi connectivity index (χ0) is 20.3. The first-order valence-corrected chi connectivity index (χ1v) is 8.74. The van der Waals surface area contributed by atoms with Crippen LogP contribution in [0.5, 0.6) is 0 Å². The van der Waals surface area contributed by atoms with Crippen LogP contribution >= 0.6 is 11.6 Å². The molecule has 1 N–H and O–H groups in total. The minimum absolute atomic E-state index is 0.206. The number of aryl methyl sites for hydroxylation is 1. The molecule has 0 unspecified atom stereocenters. The van der Waals surface area contributed by atoms with Crippen molar-refractivity contribution in [2.24, 2.45) is 0 Å². The Balaban J connectivity index is 1.85. The van der Waals surface area contributed by atoms with Crippen LogP contribution in [0.25, 0.3) is 0 Å². The van der Waals surface area contributed by atoms with Gasteiger partial charge in [-0.15, -0.1) is 0 Å². The van der Waals surface area contributed by atoms with Gasteiger partial charge in [-0.2, -0.15) is 5.10 Å². The molecule has 3 aromatic rings. The summed E-state index contributed by atoms with van der Waals surface area (Å²) in [6.07, 6.45) is -2.75. The van der Waals surface area contributed by atoms with Crippen molar-refractivity contribution in [1.82, 2.24) is 9.78 Å². The lowest BCUT2D eigenvalue weighted by molar-refractivity contribution is -0.117. The van der Waals surface area contributed by atoms with Crippen molar-refractivity contribution in [2.75, 3.05) is 5.32 Å². The Morgan fingerprint density at radius 3 is 2.54 bits per heavy atom. The fourth-order valence-electron chi connectivity index (χ4n) is 2.75. The highest BCUT2D eigenvalue weighted by molar-refractivity contribution is 6.31. The summed E-state index contributed by atoms with van der Waals surface area (Å²) in [4.78, 5) is 25.2. The maximum absolute atomic E-state index is 13.1. The molecule has 0 saturated carbocycles. The van der Waals surface area contributed by atoms with Gasteiger partial charge >= 0.3 is 0 Å². The second-order valence-corrected chi connectivity index (χ2v) is 6.54. The van der Waals surface area contributed by atoms with Crippen LogP contribution in [-0.4, -0.2) is 21.5 Å². The van der Waals surface area contributed by atoms with Crippen LogP contribution in [0.15, 0.2) is 54.6 Å². The van der Waals surface area contributed by atoms with Crippen LogP contribution in [0.2, 0.25) is 5.02 Å². The number of carbonyl (C=O) groups excluding carboxylic acids is 2. The fourth-order valence-corrected chi connectivity index (χ4v) is 2.92. The van der Waals surface area contributed by atoms with E-state index in [1.54, 1.807) is 37.3 Å². The lowest BCUT2D eigenvalue weighted by atomic mass is 10.0. The Morgan fingerprint density at radius 1 is 1.14 bits per heavy atom. The van der Waals surface area contributed by atoms with Crippen LogP contribution in [0, 0.1) is 6.92 Å². The Morgan fingerprint density at radius 2 is 1.86 bits per heavy atom. The highest BCUT2D eigenvalue weighted by atomic mass is 35.5. The number of amides is 1. The summed E-state index contributed by atoms with van der Waals surface area (Å²) in [5.41, 5.74) is 0.922. The molecule has 1 aromatic heterocycles. The second-order valence-electron chi connectivity index (χ2n) is 6.10. The van der Waals surface area contributed by atoms with Gasteiger partial charge in [-0.05, 0) is 31.2 Å². The van der Waals surface area contributed by atoms with E-state index in [9.17, 15) is 18.4 Å². The van der Waals surface area contributed by atoms with Gasteiger partial charge in [0.2, 0.25) is 5.91 Å². The molecule has 0 aliphatic rings. The van der Waals surface area contributed by atoms with E-state index in [0.29, 0.717) is 16.3 Å². The highest BCUT2D eigenvalue weighted by Gasteiger charge is 2.19. The Kier molecular flexibility index (Phi) is 5.84. The van der Waals surface area contributed by atoms with E-state index in [4.69, 9.17) is 11.6 Å². The summed E-state index contributed by atoms with van der Waals surface area (Å²) in [6, 6.07) is 14.2. The van der Waals surface area contributed by atoms with Gasteiger partial charge in [-0.25, -0.2) is 8.78 Å². The van der Waals surface area contributed by atoms with Gasteiger partial charge in [-0.1, -0.05) is 41.9 Å². The van der Waals surface area contributed by atoms with Crippen LogP contribution in [0.4, 0.5) is 14.5 Å². The second kappa shape index (κ2) is 8.31. The fraction of sp³-hybridized carbons (Fsp3) is 0.150. The molecule has 3 rings (SSSR count). The summed E-state index contributed by atoms with van der Waals surface area (Å²) < 4.78 is 27.1. The predicted octanol–water partition coefficient (Wildman–Crippen LogP) is 4.65. The third-order valence-electron chi connectivity index (χ3n) is 3.99.